The average molecular weight is 681 g/mol. The van der Waals surface area contributed by atoms with Crippen molar-refractivity contribution in [1.82, 2.24) is 10.2 Å². The minimum Gasteiger partial charge on any atom is -0.354 e. The van der Waals surface area contributed by atoms with E-state index < -0.39 is 28.5 Å². The fourth-order valence-corrected chi connectivity index (χ4v) is 6.80. The van der Waals surface area contributed by atoms with Gasteiger partial charge in [-0.2, -0.15) is 0 Å². The third kappa shape index (κ3) is 8.90. The van der Waals surface area contributed by atoms with Crippen molar-refractivity contribution in [3.05, 3.63) is 129 Å². The Kier molecular flexibility index (Phi) is 11.9. The zero-order valence-corrected chi connectivity index (χ0v) is 28.7. The van der Waals surface area contributed by atoms with Crippen LogP contribution in [0.25, 0.3) is 0 Å². The number of hydrogen-bond acceptors (Lipinski definition) is 4. The number of sulfonamides is 1. The van der Waals surface area contributed by atoms with Crippen LogP contribution in [0.4, 0.5) is 5.69 Å². The van der Waals surface area contributed by atoms with Crippen LogP contribution >= 0.6 is 23.2 Å². The number of carbonyl (C=O) groups excluding carboxylic acids is 2. The molecule has 0 aliphatic carbocycles. The highest BCUT2D eigenvalue weighted by Gasteiger charge is 2.35. The first kappa shape index (κ1) is 35.0. The van der Waals surface area contributed by atoms with Gasteiger partial charge in [0.1, 0.15) is 12.6 Å². The molecule has 4 aromatic carbocycles. The lowest BCUT2D eigenvalue weighted by Gasteiger charge is -2.34. The van der Waals surface area contributed by atoms with Gasteiger partial charge in [0.25, 0.3) is 10.0 Å². The molecule has 7 nitrogen and oxygen atoms in total. The van der Waals surface area contributed by atoms with E-state index in [2.05, 4.69) is 5.32 Å². The molecule has 0 fully saturated rings. The molecule has 1 N–H and O–H groups in total. The Morgan fingerprint density at radius 3 is 2.09 bits per heavy atom. The highest BCUT2D eigenvalue weighted by atomic mass is 35.5. The lowest BCUT2D eigenvalue weighted by Crippen LogP contribution is -2.53. The van der Waals surface area contributed by atoms with Gasteiger partial charge in [-0.3, -0.25) is 13.9 Å². The maximum Gasteiger partial charge on any atom is 0.264 e. The molecule has 10 heteroatoms. The summed E-state index contributed by atoms with van der Waals surface area (Å²) < 4.78 is 29.5. The van der Waals surface area contributed by atoms with E-state index >= 15 is 0 Å². The molecular weight excluding hydrogens is 641 g/mol. The van der Waals surface area contributed by atoms with Gasteiger partial charge in [0.2, 0.25) is 11.8 Å². The minimum atomic E-state index is -4.19. The van der Waals surface area contributed by atoms with Gasteiger partial charge in [-0.05, 0) is 66.8 Å². The second-order valence-electron chi connectivity index (χ2n) is 11.7. The second-order valence-corrected chi connectivity index (χ2v) is 14.4. The number of nitrogens with one attached hydrogen (secondary N) is 1. The summed E-state index contributed by atoms with van der Waals surface area (Å²) in [7, 11) is -4.19. The molecule has 4 rings (SSSR count). The average Bonchev–Trinajstić information content (AvgIpc) is 3.03. The summed E-state index contributed by atoms with van der Waals surface area (Å²) in [6, 6.07) is 27.0. The van der Waals surface area contributed by atoms with Crippen molar-refractivity contribution in [2.45, 2.75) is 51.6 Å². The molecule has 0 saturated heterocycles. The fourth-order valence-electron chi connectivity index (χ4n) is 5.01. The number of aryl methyl sites for hydroxylation is 2. The zero-order chi connectivity index (χ0) is 33.4. The smallest absolute Gasteiger partial charge is 0.264 e. The molecule has 0 saturated carbocycles. The Hall–Kier alpha value is -3.85. The number of halogens is 2. The molecule has 0 spiro atoms. The summed E-state index contributed by atoms with van der Waals surface area (Å²) in [5, 5.41) is 3.65. The van der Waals surface area contributed by atoms with Crippen LogP contribution in [0.1, 0.15) is 36.1 Å². The quantitative estimate of drug-likeness (QED) is 0.162. The molecule has 4 aromatic rings. The monoisotopic (exact) mass is 679 g/mol. The first-order chi connectivity index (χ1) is 21.9. The topological polar surface area (TPSA) is 86.8 Å². The van der Waals surface area contributed by atoms with E-state index in [0.717, 1.165) is 15.4 Å². The van der Waals surface area contributed by atoms with E-state index in [1.54, 1.807) is 55.5 Å². The van der Waals surface area contributed by atoms with Crippen LogP contribution in [0, 0.1) is 19.8 Å². The van der Waals surface area contributed by atoms with Crippen LogP contribution in [0.2, 0.25) is 10.0 Å². The van der Waals surface area contributed by atoms with Crippen molar-refractivity contribution in [1.29, 1.82) is 0 Å². The molecule has 0 aromatic heterocycles. The number of amides is 2. The Bertz CT molecular complexity index is 1760. The zero-order valence-electron chi connectivity index (χ0n) is 26.4. The van der Waals surface area contributed by atoms with E-state index in [9.17, 15) is 18.0 Å². The Labute approximate surface area is 282 Å². The van der Waals surface area contributed by atoms with Crippen LogP contribution in [-0.2, 0) is 32.6 Å². The van der Waals surface area contributed by atoms with E-state index in [-0.39, 0.29) is 29.7 Å². The van der Waals surface area contributed by atoms with Gasteiger partial charge in [0.15, 0.2) is 0 Å². The van der Waals surface area contributed by atoms with E-state index in [1.807, 2.05) is 57.2 Å². The van der Waals surface area contributed by atoms with Crippen LogP contribution < -0.4 is 9.62 Å². The van der Waals surface area contributed by atoms with Gasteiger partial charge in [0.05, 0.1) is 20.6 Å². The maximum atomic E-state index is 14.6. The summed E-state index contributed by atoms with van der Waals surface area (Å²) in [5.74, 6) is -0.711. The Morgan fingerprint density at radius 1 is 0.804 bits per heavy atom. The van der Waals surface area contributed by atoms with Crippen molar-refractivity contribution in [2.24, 2.45) is 5.92 Å². The van der Waals surface area contributed by atoms with Crippen LogP contribution in [0.15, 0.2) is 102 Å². The van der Waals surface area contributed by atoms with Gasteiger partial charge in [-0.15, -0.1) is 0 Å². The molecule has 0 radical (unpaired) electrons. The molecule has 0 aliphatic rings. The highest BCUT2D eigenvalue weighted by molar-refractivity contribution is 7.92. The molecule has 46 heavy (non-hydrogen) atoms. The predicted octanol–water partition coefficient (Wildman–Crippen LogP) is 7.22. The predicted molar refractivity (Wildman–Crippen MR) is 186 cm³/mol. The Balaban J connectivity index is 1.82. The van der Waals surface area contributed by atoms with Crippen molar-refractivity contribution < 1.29 is 18.0 Å². The summed E-state index contributed by atoms with van der Waals surface area (Å²) in [6.07, 6.45) is 0.215. The van der Waals surface area contributed by atoms with Crippen LogP contribution in [-0.4, -0.2) is 44.3 Å². The number of anilines is 1. The number of rotatable bonds is 13. The van der Waals surface area contributed by atoms with E-state index in [4.69, 9.17) is 23.2 Å². The number of para-hydroxylation sites is 1. The highest BCUT2D eigenvalue weighted by Crippen LogP contribution is 2.29. The van der Waals surface area contributed by atoms with E-state index in [1.165, 1.54) is 17.0 Å². The van der Waals surface area contributed by atoms with Gasteiger partial charge in [-0.1, -0.05) is 109 Å². The standard InChI is InChI=1S/C36H39Cl2N3O4S/c1-25(2)22-39-36(43)34(21-28-11-6-5-7-12-28)40(23-29-16-19-31(37)32(38)20-29)35(42)24-41(33-13-9-8-10-27(33)4)46(44,45)30-17-14-26(3)15-18-30/h5-20,25,34H,21-24H2,1-4H3,(H,39,43)/t34-/m1/s1. The normalized spacial score (nSPS) is 12.1. The molecule has 0 heterocycles. The number of nitrogens with zero attached hydrogens (tertiary/aromatic N) is 2. The van der Waals surface area contributed by atoms with Gasteiger partial charge < -0.3 is 10.2 Å². The van der Waals surface area contributed by atoms with Crippen LogP contribution in [0.3, 0.4) is 0 Å². The van der Waals surface area contributed by atoms with Gasteiger partial charge >= 0.3 is 0 Å². The summed E-state index contributed by atoms with van der Waals surface area (Å²) in [6.45, 7) is 7.51. The van der Waals surface area contributed by atoms with Crippen molar-refractivity contribution in [3.8, 4) is 0 Å². The van der Waals surface area contributed by atoms with Crippen molar-refractivity contribution >= 4 is 50.7 Å². The summed E-state index contributed by atoms with van der Waals surface area (Å²) >= 11 is 12.5. The lowest BCUT2D eigenvalue weighted by molar-refractivity contribution is -0.140. The first-order valence-electron chi connectivity index (χ1n) is 15.1. The summed E-state index contributed by atoms with van der Waals surface area (Å²) in [5.41, 5.74) is 3.44. The van der Waals surface area contributed by atoms with Crippen molar-refractivity contribution in [3.63, 3.8) is 0 Å². The van der Waals surface area contributed by atoms with Crippen LogP contribution in [0.5, 0.6) is 0 Å². The second kappa shape index (κ2) is 15.6. The first-order valence-corrected chi connectivity index (χ1v) is 17.3. The minimum absolute atomic E-state index is 0.00544. The molecule has 1 atom stereocenters. The third-order valence-corrected chi connectivity index (χ3v) is 10.1. The summed E-state index contributed by atoms with van der Waals surface area (Å²) in [4.78, 5) is 30.0. The molecule has 0 aliphatic heterocycles. The number of benzene rings is 4. The molecule has 0 unspecified atom stereocenters. The largest absolute Gasteiger partial charge is 0.354 e. The molecule has 242 valence electrons. The van der Waals surface area contributed by atoms with Gasteiger partial charge in [-0.25, -0.2) is 8.42 Å². The number of hydrogen-bond donors (Lipinski definition) is 1. The number of carbonyl (C=O) groups is 2. The SMILES string of the molecule is Cc1ccc(S(=O)(=O)N(CC(=O)N(Cc2ccc(Cl)c(Cl)c2)[C@H](Cc2ccccc2)C(=O)NCC(C)C)c2ccccc2C)cc1. The fraction of sp³-hybridized carbons (Fsp3) is 0.278. The maximum absolute atomic E-state index is 14.6. The third-order valence-electron chi connectivity index (χ3n) is 7.56. The lowest BCUT2D eigenvalue weighted by atomic mass is 10.0. The molecule has 2 amide bonds. The van der Waals surface area contributed by atoms with Crippen molar-refractivity contribution in [2.75, 3.05) is 17.4 Å². The Morgan fingerprint density at radius 2 is 1.46 bits per heavy atom. The molecular formula is C36H39Cl2N3O4S. The molecule has 0 bridgehead atoms. The van der Waals surface area contributed by atoms with Gasteiger partial charge in [0, 0.05) is 19.5 Å². The van der Waals surface area contributed by atoms with E-state index in [0.29, 0.717) is 33.4 Å².